The molecule has 2 aromatic carbocycles. The van der Waals surface area contributed by atoms with Gasteiger partial charge in [0.25, 0.3) is 5.91 Å². The Balaban J connectivity index is 1.57. The second kappa shape index (κ2) is 10.3. The van der Waals surface area contributed by atoms with E-state index in [0.29, 0.717) is 5.92 Å². The number of carbonyl (C=O) groups is 1. The predicted molar refractivity (Wildman–Crippen MR) is 122 cm³/mol. The fourth-order valence-corrected chi connectivity index (χ4v) is 4.04. The van der Waals surface area contributed by atoms with Crippen LogP contribution in [0.5, 0.6) is 11.5 Å². The van der Waals surface area contributed by atoms with E-state index in [0.717, 1.165) is 39.7 Å². The maximum absolute atomic E-state index is 12.5. The summed E-state index contributed by atoms with van der Waals surface area (Å²) in [5.74, 6) is 2.34. The van der Waals surface area contributed by atoms with E-state index in [-0.39, 0.29) is 11.9 Å². The van der Waals surface area contributed by atoms with Gasteiger partial charge in [0.1, 0.15) is 11.5 Å². The van der Waals surface area contributed by atoms with E-state index in [1.807, 2.05) is 66.7 Å². The Kier molecular flexibility index (Phi) is 7.48. The first kappa shape index (κ1) is 21.1. The maximum atomic E-state index is 12.5. The number of thiophene rings is 1. The highest BCUT2D eigenvalue weighted by Crippen LogP contribution is 2.30. The topological polar surface area (TPSA) is 38.3 Å². The van der Waals surface area contributed by atoms with Gasteiger partial charge in [-0.2, -0.15) is 0 Å². The van der Waals surface area contributed by atoms with Crippen LogP contribution in [0.4, 0.5) is 0 Å². The van der Waals surface area contributed by atoms with Gasteiger partial charge in [-0.25, -0.2) is 0 Å². The van der Waals surface area contributed by atoms with Crippen LogP contribution in [0, 0.1) is 5.92 Å². The van der Waals surface area contributed by atoms with Crippen molar-refractivity contribution in [2.24, 2.45) is 5.92 Å². The SMILES string of the molecule is CC(C)CCC[C@@H](C)NC(=O)c1ccc(-c2ccc(Oc3ccccc3)cc2)s1. The van der Waals surface area contributed by atoms with Gasteiger partial charge in [0.15, 0.2) is 0 Å². The molecule has 3 aromatic rings. The lowest BCUT2D eigenvalue weighted by Gasteiger charge is -2.13. The smallest absolute Gasteiger partial charge is 0.261 e. The number of hydrogen-bond donors (Lipinski definition) is 1. The molecule has 1 N–H and O–H groups in total. The van der Waals surface area contributed by atoms with Crippen LogP contribution in [0.25, 0.3) is 10.4 Å². The molecule has 1 amide bonds. The van der Waals surface area contributed by atoms with Gasteiger partial charge >= 0.3 is 0 Å². The number of ether oxygens (including phenoxy) is 1. The maximum Gasteiger partial charge on any atom is 0.261 e. The minimum atomic E-state index is 0.0160. The Morgan fingerprint density at radius 2 is 1.59 bits per heavy atom. The van der Waals surface area contributed by atoms with Crippen LogP contribution in [0.2, 0.25) is 0 Å². The van der Waals surface area contributed by atoms with Crippen molar-refractivity contribution in [2.75, 3.05) is 0 Å². The third-order valence-corrected chi connectivity index (χ3v) is 5.88. The summed E-state index contributed by atoms with van der Waals surface area (Å²) < 4.78 is 5.84. The summed E-state index contributed by atoms with van der Waals surface area (Å²) in [6.45, 7) is 6.55. The van der Waals surface area contributed by atoms with E-state index < -0.39 is 0 Å². The van der Waals surface area contributed by atoms with Crippen molar-refractivity contribution in [3.8, 4) is 21.9 Å². The zero-order chi connectivity index (χ0) is 20.6. The highest BCUT2D eigenvalue weighted by molar-refractivity contribution is 7.17. The molecule has 0 aliphatic rings. The van der Waals surface area contributed by atoms with E-state index in [9.17, 15) is 4.79 Å². The van der Waals surface area contributed by atoms with Gasteiger partial charge in [0, 0.05) is 10.9 Å². The molecule has 152 valence electrons. The van der Waals surface area contributed by atoms with E-state index >= 15 is 0 Å². The van der Waals surface area contributed by atoms with Crippen LogP contribution in [0.15, 0.2) is 66.7 Å². The molecule has 3 rings (SSSR count). The fraction of sp³-hybridized carbons (Fsp3) is 0.320. The standard InChI is InChI=1S/C25H29NO2S/c1-18(2)8-7-9-19(3)26-25(27)24-17-16-23(29-24)20-12-14-22(15-13-20)28-21-10-5-4-6-11-21/h4-6,10-19H,7-9H2,1-3H3,(H,26,27)/t19-/m1/s1. The molecule has 0 radical (unpaired) electrons. The number of amides is 1. The molecule has 1 atom stereocenters. The highest BCUT2D eigenvalue weighted by atomic mass is 32.1. The zero-order valence-electron chi connectivity index (χ0n) is 17.4. The average Bonchev–Trinajstić information content (AvgIpc) is 3.19. The monoisotopic (exact) mass is 407 g/mol. The first-order valence-corrected chi connectivity index (χ1v) is 11.1. The van der Waals surface area contributed by atoms with Crippen molar-refractivity contribution < 1.29 is 9.53 Å². The number of hydrogen-bond acceptors (Lipinski definition) is 3. The minimum absolute atomic E-state index is 0.0160. The Morgan fingerprint density at radius 3 is 2.28 bits per heavy atom. The van der Waals surface area contributed by atoms with Crippen molar-refractivity contribution in [3.05, 3.63) is 71.6 Å². The lowest BCUT2D eigenvalue weighted by molar-refractivity contribution is 0.0942. The minimum Gasteiger partial charge on any atom is -0.457 e. The van der Waals surface area contributed by atoms with Crippen LogP contribution >= 0.6 is 11.3 Å². The van der Waals surface area contributed by atoms with Crippen molar-refractivity contribution >= 4 is 17.2 Å². The summed E-state index contributed by atoms with van der Waals surface area (Å²) in [5, 5.41) is 3.12. The Morgan fingerprint density at radius 1 is 0.897 bits per heavy atom. The van der Waals surface area contributed by atoms with Crippen LogP contribution in [0.1, 0.15) is 49.7 Å². The molecular weight excluding hydrogens is 378 g/mol. The number of nitrogens with one attached hydrogen (secondary N) is 1. The lowest BCUT2D eigenvalue weighted by Crippen LogP contribution is -2.31. The van der Waals surface area contributed by atoms with E-state index in [1.165, 1.54) is 17.8 Å². The average molecular weight is 408 g/mol. The number of rotatable bonds is 9. The van der Waals surface area contributed by atoms with Crippen molar-refractivity contribution in [3.63, 3.8) is 0 Å². The highest BCUT2D eigenvalue weighted by Gasteiger charge is 2.13. The third-order valence-electron chi connectivity index (χ3n) is 4.74. The van der Waals surface area contributed by atoms with Gasteiger partial charge in [-0.3, -0.25) is 4.79 Å². The molecule has 1 heterocycles. The number of para-hydroxylation sites is 1. The molecule has 0 spiro atoms. The molecule has 1 aromatic heterocycles. The van der Waals surface area contributed by atoms with Gasteiger partial charge in [-0.05, 0) is 73.4 Å². The molecule has 0 saturated carbocycles. The van der Waals surface area contributed by atoms with Crippen LogP contribution in [0.3, 0.4) is 0 Å². The molecule has 0 aliphatic heterocycles. The van der Waals surface area contributed by atoms with Crippen LogP contribution in [-0.2, 0) is 0 Å². The predicted octanol–water partition coefficient (Wildman–Crippen LogP) is 7.15. The number of benzene rings is 2. The van der Waals surface area contributed by atoms with E-state index in [2.05, 4.69) is 26.1 Å². The molecule has 0 bridgehead atoms. The molecule has 4 heteroatoms. The van der Waals surface area contributed by atoms with Gasteiger partial charge in [-0.1, -0.05) is 44.9 Å². The first-order chi connectivity index (χ1) is 14.0. The summed E-state index contributed by atoms with van der Waals surface area (Å²) in [6.07, 6.45) is 3.37. The molecule has 0 aliphatic carbocycles. The quantitative estimate of drug-likeness (QED) is 0.409. The van der Waals surface area contributed by atoms with Crippen molar-refractivity contribution in [1.82, 2.24) is 5.32 Å². The van der Waals surface area contributed by atoms with E-state index in [1.54, 1.807) is 0 Å². The molecular formula is C25H29NO2S. The largest absolute Gasteiger partial charge is 0.457 e. The second-order valence-electron chi connectivity index (χ2n) is 7.80. The van der Waals surface area contributed by atoms with Gasteiger partial charge < -0.3 is 10.1 Å². The summed E-state index contributed by atoms with van der Waals surface area (Å²) in [7, 11) is 0. The molecule has 3 nitrogen and oxygen atoms in total. The molecule has 29 heavy (non-hydrogen) atoms. The Labute approximate surface area is 177 Å². The second-order valence-corrected chi connectivity index (χ2v) is 8.89. The van der Waals surface area contributed by atoms with Crippen LogP contribution in [-0.4, -0.2) is 11.9 Å². The fourth-order valence-electron chi connectivity index (χ4n) is 3.13. The normalized spacial score (nSPS) is 12.0. The summed E-state index contributed by atoms with van der Waals surface area (Å²) in [4.78, 5) is 14.4. The summed E-state index contributed by atoms with van der Waals surface area (Å²) in [5.41, 5.74) is 1.08. The van der Waals surface area contributed by atoms with Gasteiger partial charge in [-0.15, -0.1) is 11.3 Å². The van der Waals surface area contributed by atoms with Crippen molar-refractivity contribution in [1.29, 1.82) is 0 Å². The molecule has 0 saturated heterocycles. The molecule has 0 unspecified atom stereocenters. The lowest BCUT2D eigenvalue weighted by atomic mass is 10.0. The summed E-state index contributed by atoms with van der Waals surface area (Å²) in [6, 6.07) is 21.8. The van der Waals surface area contributed by atoms with E-state index in [4.69, 9.17) is 4.74 Å². The molecule has 0 fully saturated rings. The van der Waals surface area contributed by atoms with Gasteiger partial charge in [0.05, 0.1) is 4.88 Å². The first-order valence-electron chi connectivity index (χ1n) is 10.3. The number of carbonyl (C=O) groups excluding carboxylic acids is 1. The Bertz CT molecular complexity index is 900. The van der Waals surface area contributed by atoms with Crippen LogP contribution < -0.4 is 10.1 Å². The zero-order valence-corrected chi connectivity index (χ0v) is 18.2. The third kappa shape index (κ3) is 6.47. The Hall–Kier alpha value is -2.59. The van der Waals surface area contributed by atoms with Gasteiger partial charge in [0.2, 0.25) is 0 Å². The van der Waals surface area contributed by atoms with Crippen molar-refractivity contribution in [2.45, 2.75) is 46.1 Å². The summed E-state index contributed by atoms with van der Waals surface area (Å²) >= 11 is 1.52.